The molecule has 6 nitrogen and oxygen atoms in total. The van der Waals surface area contributed by atoms with E-state index in [4.69, 9.17) is 9.47 Å². The molecule has 0 aliphatic rings. The highest BCUT2D eigenvalue weighted by atomic mass is 16.5. The molecule has 0 fully saturated rings. The lowest BCUT2D eigenvalue weighted by Crippen LogP contribution is -2.19. The third kappa shape index (κ3) is 3.56. The number of rotatable bonds is 5. The van der Waals surface area contributed by atoms with Crippen LogP contribution in [0.2, 0.25) is 0 Å². The Morgan fingerprint density at radius 2 is 1.86 bits per heavy atom. The number of aromatic nitrogens is 1. The van der Waals surface area contributed by atoms with Crippen molar-refractivity contribution in [2.45, 2.75) is 0 Å². The van der Waals surface area contributed by atoms with Crippen LogP contribution in [0.4, 0.5) is 0 Å². The molecule has 1 aromatic heterocycles. The highest BCUT2D eigenvalue weighted by Crippen LogP contribution is 2.27. The Hall–Kier alpha value is -2.89. The van der Waals surface area contributed by atoms with Crippen molar-refractivity contribution >= 4 is 12.1 Å². The first-order valence-corrected chi connectivity index (χ1v) is 6.21. The van der Waals surface area contributed by atoms with Crippen LogP contribution in [-0.4, -0.2) is 31.3 Å². The summed E-state index contributed by atoms with van der Waals surface area (Å²) in [6.07, 6.45) is 3.10. The van der Waals surface area contributed by atoms with Crippen molar-refractivity contribution in [2.24, 2.45) is 5.10 Å². The molecule has 1 aromatic carbocycles. The third-order valence-corrected chi connectivity index (χ3v) is 2.71. The van der Waals surface area contributed by atoms with Crippen molar-refractivity contribution in [3.8, 4) is 11.5 Å². The summed E-state index contributed by atoms with van der Waals surface area (Å²) in [5, 5.41) is 3.87. The van der Waals surface area contributed by atoms with Crippen LogP contribution in [0.15, 0.2) is 47.7 Å². The van der Waals surface area contributed by atoms with Crippen LogP contribution in [0.1, 0.15) is 16.1 Å². The normalized spacial score (nSPS) is 10.4. The van der Waals surface area contributed by atoms with Gasteiger partial charge in [-0.1, -0.05) is 12.1 Å². The molecule has 6 heteroatoms. The van der Waals surface area contributed by atoms with E-state index in [1.165, 1.54) is 20.4 Å². The smallest absolute Gasteiger partial charge is 0.278 e. The standard InChI is InChI=1S/C15H15N3O3/c1-20-12-7-5-8-13(21-2)14(12)15(19)18-17-10-11-6-3-4-9-16-11/h3-10H,1-2H3,(H,18,19)/b17-10+. The number of nitrogens with zero attached hydrogens (tertiary/aromatic N) is 2. The van der Waals surface area contributed by atoms with Crippen molar-refractivity contribution in [3.05, 3.63) is 53.9 Å². The first-order chi connectivity index (χ1) is 10.3. The Morgan fingerprint density at radius 3 is 2.43 bits per heavy atom. The number of amides is 1. The van der Waals surface area contributed by atoms with E-state index in [1.54, 1.807) is 36.5 Å². The van der Waals surface area contributed by atoms with Gasteiger partial charge in [-0.25, -0.2) is 5.43 Å². The first kappa shape index (κ1) is 14.5. The monoisotopic (exact) mass is 285 g/mol. The fraction of sp³-hybridized carbons (Fsp3) is 0.133. The fourth-order valence-electron chi connectivity index (χ4n) is 1.74. The van der Waals surface area contributed by atoms with E-state index < -0.39 is 5.91 Å². The molecule has 108 valence electrons. The number of hydrazone groups is 1. The Balaban J connectivity index is 2.15. The molecule has 1 heterocycles. The maximum Gasteiger partial charge on any atom is 0.278 e. The predicted molar refractivity (Wildman–Crippen MR) is 78.8 cm³/mol. The maximum absolute atomic E-state index is 12.2. The van der Waals surface area contributed by atoms with Gasteiger partial charge in [0.05, 0.1) is 26.1 Å². The highest BCUT2D eigenvalue weighted by molar-refractivity contribution is 6.00. The van der Waals surface area contributed by atoms with Crippen LogP contribution < -0.4 is 14.9 Å². The minimum atomic E-state index is -0.420. The number of hydrogen-bond donors (Lipinski definition) is 1. The molecule has 0 bridgehead atoms. The van der Waals surface area contributed by atoms with E-state index in [9.17, 15) is 4.79 Å². The summed E-state index contributed by atoms with van der Waals surface area (Å²) in [6, 6.07) is 10.5. The van der Waals surface area contributed by atoms with E-state index >= 15 is 0 Å². The summed E-state index contributed by atoms with van der Waals surface area (Å²) >= 11 is 0. The topological polar surface area (TPSA) is 72.8 Å². The van der Waals surface area contributed by atoms with Crippen LogP contribution in [0.5, 0.6) is 11.5 Å². The number of carbonyl (C=O) groups is 1. The SMILES string of the molecule is COc1cccc(OC)c1C(=O)N/N=C/c1ccccn1. The molecule has 0 saturated heterocycles. The van der Waals surface area contributed by atoms with Gasteiger partial charge < -0.3 is 9.47 Å². The van der Waals surface area contributed by atoms with Gasteiger partial charge in [0, 0.05) is 6.20 Å². The molecule has 21 heavy (non-hydrogen) atoms. The number of benzene rings is 1. The van der Waals surface area contributed by atoms with Crippen molar-refractivity contribution in [3.63, 3.8) is 0 Å². The van der Waals surface area contributed by atoms with Crippen LogP contribution in [-0.2, 0) is 0 Å². The minimum Gasteiger partial charge on any atom is -0.496 e. The van der Waals surface area contributed by atoms with Crippen LogP contribution in [0.3, 0.4) is 0 Å². The molecule has 1 amide bonds. The second kappa shape index (κ2) is 7.04. The van der Waals surface area contributed by atoms with Crippen LogP contribution in [0.25, 0.3) is 0 Å². The molecule has 0 spiro atoms. The second-order valence-corrected chi connectivity index (χ2v) is 3.99. The lowest BCUT2D eigenvalue weighted by atomic mass is 10.1. The average Bonchev–Trinajstić information content (AvgIpc) is 2.54. The van der Waals surface area contributed by atoms with Gasteiger partial charge in [0.2, 0.25) is 0 Å². The highest BCUT2D eigenvalue weighted by Gasteiger charge is 2.17. The molecule has 1 N–H and O–H groups in total. The summed E-state index contributed by atoms with van der Waals surface area (Å²) in [5.41, 5.74) is 3.36. The third-order valence-electron chi connectivity index (χ3n) is 2.71. The van der Waals surface area contributed by atoms with Crippen LogP contribution >= 0.6 is 0 Å². The summed E-state index contributed by atoms with van der Waals surface area (Å²) in [5.74, 6) is 0.413. The zero-order chi connectivity index (χ0) is 15.1. The Labute approximate surface area is 122 Å². The van der Waals surface area contributed by atoms with Gasteiger partial charge in [0.15, 0.2) is 0 Å². The number of pyridine rings is 1. The van der Waals surface area contributed by atoms with E-state index in [-0.39, 0.29) is 0 Å². The summed E-state index contributed by atoms with van der Waals surface area (Å²) < 4.78 is 10.3. The lowest BCUT2D eigenvalue weighted by Gasteiger charge is -2.11. The van der Waals surface area contributed by atoms with Crippen molar-refractivity contribution in [1.29, 1.82) is 0 Å². The van der Waals surface area contributed by atoms with E-state index in [0.29, 0.717) is 22.8 Å². The Bertz CT molecular complexity index is 620. The first-order valence-electron chi connectivity index (χ1n) is 6.21. The quantitative estimate of drug-likeness (QED) is 0.672. The summed E-state index contributed by atoms with van der Waals surface area (Å²) in [6.45, 7) is 0. The van der Waals surface area contributed by atoms with Gasteiger partial charge in [-0.05, 0) is 24.3 Å². The zero-order valence-electron chi connectivity index (χ0n) is 11.7. The van der Waals surface area contributed by atoms with E-state index in [0.717, 1.165) is 0 Å². The largest absolute Gasteiger partial charge is 0.496 e. The zero-order valence-corrected chi connectivity index (χ0v) is 11.7. The molecular formula is C15H15N3O3. The molecule has 2 rings (SSSR count). The number of ether oxygens (including phenoxy) is 2. The maximum atomic E-state index is 12.2. The van der Waals surface area contributed by atoms with Gasteiger partial charge in [0.25, 0.3) is 5.91 Å². The molecule has 0 aliphatic heterocycles. The fourth-order valence-corrected chi connectivity index (χ4v) is 1.74. The van der Waals surface area contributed by atoms with Gasteiger partial charge >= 0.3 is 0 Å². The number of nitrogens with one attached hydrogen (secondary N) is 1. The average molecular weight is 285 g/mol. The van der Waals surface area contributed by atoms with Crippen LogP contribution in [0, 0.1) is 0 Å². The molecule has 2 aromatic rings. The van der Waals surface area contributed by atoms with Crippen molar-refractivity contribution in [2.75, 3.05) is 14.2 Å². The number of hydrogen-bond acceptors (Lipinski definition) is 5. The summed E-state index contributed by atoms with van der Waals surface area (Å²) in [4.78, 5) is 16.3. The van der Waals surface area contributed by atoms with Gasteiger partial charge in [0.1, 0.15) is 17.1 Å². The summed E-state index contributed by atoms with van der Waals surface area (Å²) in [7, 11) is 2.98. The van der Waals surface area contributed by atoms with Crippen molar-refractivity contribution in [1.82, 2.24) is 10.4 Å². The Kier molecular flexibility index (Phi) is 4.87. The molecule has 0 saturated carbocycles. The number of carbonyl (C=O) groups excluding carboxylic acids is 1. The van der Waals surface area contributed by atoms with E-state index in [1.807, 2.05) is 6.07 Å². The second-order valence-electron chi connectivity index (χ2n) is 3.99. The van der Waals surface area contributed by atoms with Crippen molar-refractivity contribution < 1.29 is 14.3 Å². The molecule has 0 unspecified atom stereocenters. The Morgan fingerprint density at radius 1 is 1.14 bits per heavy atom. The number of methoxy groups -OCH3 is 2. The molecule has 0 atom stereocenters. The van der Waals surface area contributed by atoms with Gasteiger partial charge in [-0.2, -0.15) is 5.10 Å². The van der Waals surface area contributed by atoms with E-state index in [2.05, 4.69) is 15.5 Å². The van der Waals surface area contributed by atoms with Gasteiger partial charge in [-0.15, -0.1) is 0 Å². The molecule has 0 radical (unpaired) electrons. The molecule has 0 aliphatic carbocycles. The minimum absolute atomic E-state index is 0.292. The predicted octanol–water partition coefficient (Wildman–Crippen LogP) is 1.86. The lowest BCUT2D eigenvalue weighted by molar-refractivity contribution is 0.0949. The molecular weight excluding hydrogens is 270 g/mol. The van der Waals surface area contributed by atoms with Gasteiger partial charge in [-0.3, -0.25) is 9.78 Å².